The van der Waals surface area contributed by atoms with Gasteiger partial charge in [0, 0.05) is 0 Å². The van der Waals surface area contributed by atoms with E-state index < -0.39 is 0 Å². The number of ether oxygens (including phenoxy) is 1. The Labute approximate surface area is 128 Å². The fraction of sp³-hybridized carbons (Fsp3) is 0.300. The van der Waals surface area contributed by atoms with Crippen molar-refractivity contribution in [3.63, 3.8) is 0 Å². The van der Waals surface area contributed by atoms with Crippen molar-refractivity contribution in [3.05, 3.63) is 71.3 Å². The summed E-state index contributed by atoms with van der Waals surface area (Å²) in [5.74, 6) is 0.893. The average Bonchev–Trinajstić information content (AvgIpc) is 2.47. The second-order valence-corrected chi connectivity index (χ2v) is 6.33. The molecule has 1 heteroatoms. The predicted molar refractivity (Wildman–Crippen MR) is 90.9 cm³/mol. The molecular formula is C20H24O. The van der Waals surface area contributed by atoms with E-state index in [2.05, 4.69) is 69.3 Å². The Balaban J connectivity index is 1.97. The van der Waals surface area contributed by atoms with Gasteiger partial charge in [0.2, 0.25) is 0 Å². The zero-order valence-electron chi connectivity index (χ0n) is 13.4. The molecule has 0 amide bonds. The molecule has 0 saturated carbocycles. The van der Waals surface area contributed by atoms with Crippen LogP contribution in [0.3, 0.4) is 0 Å². The highest BCUT2D eigenvalue weighted by Crippen LogP contribution is 2.22. The second kappa shape index (κ2) is 6.62. The van der Waals surface area contributed by atoms with Gasteiger partial charge in [0.1, 0.15) is 5.75 Å². The lowest BCUT2D eigenvalue weighted by atomic mass is 9.86. The maximum Gasteiger partial charge on any atom is 0.118 e. The third-order valence-electron chi connectivity index (χ3n) is 3.60. The molecule has 2 rings (SSSR count). The van der Waals surface area contributed by atoms with E-state index in [1.54, 1.807) is 7.11 Å². The van der Waals surface area contributed by atoms with Gasteiger partial charge < -0.3 is 4.74 Å². The molecule has 0 radical (unpaired) electrons. The lowest BCUT2D eigenvalue weighted by Crippen LogP contribution is -2.10. The Morgan fingerprint density at radius 3 is 2.05 bits per heavy atom. The number of hydrogen-bond donors (Lipinski definition) is 0. The average molecular weight is 280 g/mol. The van der Waals surface area contributed by atoms with E-state index in [1.807, 2.05) is 12.1 Å². The summed E-state index contributed by atoms with van der Waals surface area (Å²) in [6.07, 6.45) is 5.31. The standard InChI is InChI=1S/C20H24O/c1-20(2,3)18-12-8-16(9-13-18)6-5-7-17-10-14-19(21-4)15-11-17/h5,7-15H,6H2,1-4H3. The molecule has 0 aliphatic heterocycles. The van der Waals surface area contributed by atoms with Gasteiger partial charge in [-0.05, 0) is 40.7 Å². The molecule has 0 unspecified atom stereocenters. The highest BCUT2D eigenvalue weighted by molar-refractivity contribution is 5.51. The SMILES string of the molecule is COc1ccc(C=CCc2ccc(C(C)(C)C)cc2)cc1. The van der Waals surface area contributed by atoms with Crippen molar-refractivity contribution in [2.24, 2.45) is 0 Å². The fourth-order valence-corrected chi connectivity index (χ4v) is 2.19. The van der Waals surface area contributed by atoms with Gasteiger partial charge in [-0.2, -0.15) is 0 Å². The van der Waals surface area contributed by atoms with E-state index >= 15 is 0 Å². The summed E-state index contributed by atoms with van der Waals surface area (Å²) in [6.45, 7) is 6.72. The molecule has 0 heterocycles. The maximum absolute atomic E-state index is 5.16. The van der Waals surface area contributed by atoms with Crippen LogP contribution in [0.2, 0.25) is 0 Å². The van der Waals surface area contributed by atoms with Crippen LogP contribution in [0.5, 0.6) is 5.75 Å². The Kier molecular flexibility index (Phi) is 4.85. The lowest BCUT2D eigenvalue weighted by Gasteiger charge is -2.18. The van der Waals surface area contributed by atoms with Crippen LogP contribution in [0, 0.1) is 0 Å². The first kappa shape index (κ1) is 15.4. The molecule has 0 spiro atoms. The summed E-state index contributed by atoms with van der Waals surface area (Å²) in [5, 5.41) is 0. The molecule has 0 fully saturated rings. The monoisotopic (exact) mass is 280 g/mol. The third-order valence-corrected chi connectivity index (χ3v) is 3.60. The van der Waals surface area contributed by atoms with Gasteiger partial charge in [0.05, 0.1) is 7.11 Å². The van der Waals surface area contributed by atoms with Crippen molar-refractivity contribution in [1.82, 2.24) is 0 Å². The number of benzene rings is 2. The van der Waals surface area contributed by atoms with Crippen molar-refractivity contribution in [1.29, 1.82) is 0 Å². The van der Waals surface area contributed by atoms with E-state index in [0.29, 0.717) is 0 Å². The Morgan fingerprint density at radius 1 is 0.905 bits per heavy atom. The van der Waals surface area contributed by atoms with Gasteiger partial charge in [-0.1, -0.05) is 69.3 Å². The first-order valence-corrected chi connectivity index (χ1v) is 7.39. The zero-order valence-corrected chi connectivity index (χ0v) is 13.4. The summed E-state index contributed by atoms with van der Waals surface area (Å²) in [5.41, 5.74) is 4.14. The smallest absolute Gasteiger partial charge is 0.118 e. The number of allylic oxidation sites excluding steroid dienone is 1. The lowest BCUT2D eigenvalue weighted by molar-refractivity contribution is 0.415. The summed E-state index contributed by atoms with van der Waals surface area (Å²) >= 11 is 0. The van der Waals surface area contributed by atoms with Crippen LogP contribution in [-0.4, -0.2) is 7.11 Å². The van der Waals surface area contributed by atoms with E-state index in [9.17, 15) is 0 Å². The van der Waals surface area contributed by atoms with E-state index in [-0.39, 0.29) is 5.41 Å². The molecule has 0 aromatic heterocycles. The molecule has 110 valence electrons. The summed E-state index contributed by atoms with van der Waals surface area (Å²) in [4.78, 5) is 0. The summed E-state index contributed by atoms with van der Waals surface area (Å²) < 4.78 is 5.16. The van der Waals surface area contributed by atoms with Crippen LogP contribution in [-0.2, 0) is 11.8 Å². The van der Waals surface area contributed by atoms with Gasteiger partial charge >= 0.3 is 0 Å². The van der Waals surface area contributed by atoms with Crippen molar-refractivity contribution < 1.29 is 4.74 Å². The first-order chi connectivity index (χ1) is 9.99. The quantitative estimate of drug-likeness (QED) is 0.743. The molecule has 2 aromatic carbocycles. The normalized spacial score (nSPS) is 11.8. The van der Waals surface area contributed by atoms with Gasteiger partial charge in [-0.3, -0.25) is 0 Å². The molecular weight excluding hydrogens is 256 g/mol. The van der Waals surface area contributed by atoms with Gasteiger partial charge in [-0.15, -0.1) is 0 Å². The second-order valence-electron chi connectivity index (χ2n) is 6.33. The molecule has 1 nitrogen and oxygen atoms in total. The highest BCUT2D eigenvalue weighted by Gasteiger charge is 2.12. The van der Waals surface area contributed by atoms with Crippen molar-refractivity contribution in [3.8, 4) is 5.75 Å². The molecule has 0 bridgehead atoms. The Bertz CT molecular complexity index is 583. The first-order valence-electron chi connectivity index (χ1n) is 7.39. The van der Waals surface area contributed by atoms with Crippen LogP contribution >= 0.6 is 0 Å². The molecule has 0 aliphatic carbocycles. The largest absolute Gasteiger partial charge is 0.497 e. The minimum Gasteiger partial charge on any atom is -0.497 e. The molecule has 0 saturated heterocycles. The number of hydrogen-bond acceptors (Lipinski definition) is 1. The molecule has 21 heavy (non-hydrogen) atoms. The van der Waals surface area contributed by atoms with Crippen LogP contribution < -0.4 is 4.74 Å². The van der Waals surface area contributed by atoms with Crippen LogP contribution in [0.25, 0.3) is 6.08 Å². The molecule has 0 N–H and O–H groups in total. The van der Waals surface area contributed by atoms with Crippen molar-refractivity contribution in [2.45, 2.75) is 32.6 Å². The Morgan fingerprint density at radius 2 is 1.52 bits per heavy atom. The minimum atomic E-state index is 0.220. The van der Waals surface area contributed by atoms with Gasteiger partial charge in [0.15, 0.2) is 0 Å². The van der Waals surface area contributed by atoms with Crippen molar-refractivity contribution in [2.75, 3.05) is 7.11 Å². The molecule has 0 atom stereocenters. The highest BCUT2D eigenvalue weighted by atomic mass is 16.5. The minimum absolute atomic E-state index is 0.220. The fourth-order valence-electron chi connectivity index (χ4n) is 2.19. The van der Waals surface area contributed by atoms with Crippen LogP contribution in [0.1, 0.15) is 37.5 Å². The van der Waals surface area contributed by atoms with Crippen molar-refractivity contribution >= 4 is 6.08 Å². The number of rotatable bonds is 4. The molecule has 2 aromatic rings. The zero-order chi connectivity index (χ0) is 15.3. The summed E-state index contributed by atoms with van der Waals surface area (Å²) in [7, 11) is 1.69. The van der Waals surface area contributed by atoms with E-state index in [0.717, 1.165) is 12.2 Å². The van der Waals surface area contributed by atoms with Gasteiger partial charge in [-0.25, -0.2) is 0 Å². The predicted octanol–water partition coefficient (Wildman–Crippen LogP) is 5.25. The number of methoxy groups -OCH3 is 1. The van der Waals surface area contributed by atoms with Crippen LogP contribution in [0.4, 0.5) is 0 Å². The molecule has 0 aliphatic rings. The van der Waals surface area contributed by atoms with Gasteiger partial charge in [0.25, 0.3) is 0 Å². The third kappa shape index (κ3) is 4.49. The van der Waals surface area contributed by atoms with E-state index in [1.165, 1.54) is 16.7 Å². The maximum atomic E-state index is 5.16. The van der Waals surface area contributed by atoms with E-state index in [4.69, 9.17) is 4.74 Å². The Hall–Kier alpha value is -2.02. The summed E-state index contributed by atoms with van der Waals surface area (Å²) in [6, 6.07) is 17.0. The topological polar surface area (TPSA) is 9.23 Å². The van der Waals surface area contributed by atoms with Crippen LogP contribution in [0.15, 0.2) is 54.6 Å².